The minimum atomic E-state index is -0.548. The summed E-state index contributed by atoms with van der Waals surface area (Å²) < 4.78 is 11.2. The fourth-order valence-corrected chi connectivity index (χ4v) is 3.42. The van der Waals surface area contributed by atoms with Crippen molar-refractivity contribution < 1.29 is 19.1 Å². The number of carbonyl (C=O) groups excluding carboxylic acids is 2. The zero-order chi connectivity index (χ0) is 18.8. The first-order chi connectivity index (χ1) is 13.1. The van der Waals surface area contributed by atoms with Gasteiger partial charge in [0, 0.05) is 12.3 Å². The molecule has 0 bridgehead atoms. The predicted molar refractivity (Wildman–Crippen MR) is 102 cm³/mol. The summed E-state index contributed by atoms with van der Waals surface area (Å²) in [6, 6.07) is 15.2. The molecule has 2 heterocycles. The Morgan fingerprint density at radius 3 is 2.78 bits per heavy atom. The van der Waals surface area contributed by atoms with E-state index in [1.54, 1.807) is 30.0 Å². The molecule has 2 amide bonds. The SMILES string of the molecule is CC1Oc2ccc(NC(=O)C3CCCO3)cc2N(Cc2ccccc2)C1=O. The molecule has 2 unspecified atom stereocenters. The van der Waals surface area contributed by atoms with E-state index in [-0.39, 0.29) is 11.8 Å². The van der Waals surface area contributed by atoms with Gasteiger partial charge in [0.15, 0.2) is 6.10 Å². The van der Waals surface area contributed by atoms with Crippen LogP contribution in [0.5, 0.6) is 5.75 Å². The Bertz CT molecular complexity index is 847. The van der Waals surface area contributed by atoms with Gasteiger partial charge in [0.25, 0.3) is 11.8 Å². The lowest BCUT2D eigenvalue weighted by Gasteiger charge is -2.33. The third-order valence-electron chi connectivity index (χ3n) is 4.84. The summed E-state index contributed by atoms with van der Waals surface area (Å²) in [6.45, 7) is 2.81. The maximum absolute atomic E-state index is 12.7. The van der Waals surface area contributed by atoms with Gasteiger partial charge in [-0.2, -0.15) is 0 Å². The first-order valence-corrected chi connectivity index (χ1v) is 9.20. The van der Waals surface area contributed by atoms with Crippen molar-refractivity contribution in [2.24, 2.45) is 0 Å². The Labute approximate surface area is 158 Å². The van der Waals surface area contributed by atoms with Crippen LogP contribution in [0.3, 0.4) is 0 Å². The van der Waals surface area contributed by atoms with E-state index in [0.29, 0.717) is 30.3 Å². The Morgan fingerprint density at radius 1 is 1.22 bits per heavy atom. The standard InChI is InChI=1S/C21H22N2O4/c1-14-21(25)23(13-15-6-3-2-4-7-15)17-12-16(9-10-18(17)27-14)22-20(24)19-8-5-11-26-19/h2-4,6-7,9-10,12,14,19H,5,8,11,13H2,1H3,(H,22,24). The highest BCUT2D eigenvalue weighted by Crippen LogP contribution is 2.37. The number of nitrogens with zero attached hydrogens (tertiary/aromatic N) is 1. The monoisotopic (exact) mass is 366 g/mol. The van der Waals surface area contributed by atoms with Gasteiger partial charge in [-0.15, -0.1) is 0 Å². The van der Waals surface area contributed by atoms with Crippen molar-refractivity contribution in [1.29, 1.82) is 0 Å². The number of rotatable bonds is 4. The van der Waals surface area contributed by atoms with Crippen LogP contribution in [-0.2, 0) is 20.9 Å². The third kappa shape index (κ3) is 3.66. The molecule has 6 nitrogen and oxygen atoms in total. The number of anilines is 2. The molecule has 4 rings (SSSR count). The Morgan fingerprint density at radius 2 is 2.04 bits per heavy atom. The molecule has 2 aromatic carbocycles. The van der Waals surface area contributed by atoms with Crippen LogP contribution in [0.15, 0.2) is 48.5 Å². The summed E-state index contributed by atoms with van der Waals surface area (Å²) in [7, 11) is 0. The fraction of sp³-hybridized carbons (Fsp3) is 0.333. The average Bonchev–Trinajstić information content (AvgIpc) is 3.22. The summed E-state index contributed by atoms with van der Waals surface area (Å²) in [5, 5.41) is 2.89. The van der Waals surface area contributed by atoms with E-state index in [1.807, 2.05) is 30.3 Å². The largest absolute Gasteiger partial charge is 0.479 e. The van der Waals surface area contributed by atoms with E-state index in [4.69, 9.17) is 9.47 Å². The number of carbonyl (C=O) groups is 2. The fourth-order valence-electron chi connectivity index (χ4n) is 3.42. The van der Waals surface area contributed by atoms with Gasteiger partial charge in [0.05, 0.1) is 12.2 Å². The van der Waals surface area contributed by atoms with Gasteiger partial charge in [-0.25, -0.2) is 0 Å². The second-order valence-corrected chi connectivity index (χ2v) is 6.84. The molecule has 2 aromatic rings. The van der Waals surface area contributed by atoms with Crippen LogP contribution in [0.1, 0.15) is 25.3 Å². The summed E-state index contributed by atoms with van der Waals surface area (Å²) in [4.78, 5) is 26.8. The first kappa shape index (κ1) is 17.5. The molecule has 2 atom stereocenters. The number of nitrogens with one attached hydrogen (secondary N) is 1. The molecule has 1 N–H and O–H groups in total. The number of benzene rings is 2. The van der Waals surface area contributed by atoms with Gasteiger partial charge in [-0.1, -0.05) is 30.3 Å². The van der Waals surface area contributed by atoms with Crippen LogP contribution in [-0.4, -0.2) is 30.6 Å². The van der Waals surface area contributed by atoms with Crippen LogP contribution in [0.2, 0.25) is 0 Å². The van der Waals surface area contributed by atoms with Crippen molar-refractivity contribution in [3.05, 3.63) is 54.1 Å². The average molecular weight is 366 g/mol. The summed E-state index contributed by atoms with van der Waals surface area (Å²) >= 11 is 0. The van der Waals surface area contributed by atoms with Crippen LogP contribution < -0.4 is 15.0 Å². The van der Waals surface area contributed by atoms with Gasteiger partial charge in [0.2, 0.25) is 0 Å². The van der Waals surface area contributed by atoms with Gasteiger partial charge in [0.1, 0.15) is 11.9 Å². The number of fused-ring (bicyclic) bond motifs is 1. The van der Waals surface area contributed by atoms with Crippen molar-refractivity contribution in [3.63, 3.8) is 0 Å². The molecule has 0 radical (unpaired) electrons. The summed E-state index contributed by atoms with van der Waals surface area (Å²) in [5.41, 5.74) is 2.31. The molecule has 0 aromatic heterocycles. The van der Waals surface area contributed by atoms with Crippen molar-refractivity contribution in [1.82, 2.24) is 0 Å². The van der Waals surface area contributed by atoms with Crippen molar-refractivity contribution >= 4 is 23.2 Å². The van der Waals surface area contributed by atoms with Crippen LogP contribution in [0.4, 0.5) is 11.4 Å². The van der Waals surface area contributed by atoms with E-state index in [1.165, 1.54) is 0 Å². The Balaban J connectivity index is 1.60. The number of hydrogen-bond acceptors (Lipinski definition) is 4. The zero-order valence-electron chi connectivity index (χ0n) is 15.2. The van der Waals surface area contributed by atoms with Gasteiger partial charge in [-0.05, 0) is 43.5 Å². The van der Waals surface area contributed by atoms with E-state index < -0.39 is 12.2 Å². The molecule has 1 fully saturated rings. The molecule has 1 saturated heterocycles. The van der Waals surface area contributed by atoms with Gasteiger partial charge in [-0.3, -0.25) is 9.59 Å². The molecule has 27 heavy (non-hydrogen) atoms. The van der Waals surface area contributed by atoms with E-state index in [0.717, 1.165) is 18.4 Å². The first-order valence-electron chi connectivity index (χ1n) is 9.20. The highest BCUT2D eigenvalue weighted by atomic mass is 16.5. The summed E-state index contributed by atoms with van der Waals surface area (Å²) in [5.74, 6) is 0.376. The van der Waals surface area contributed by atoms with Crippen LogP contribution in [0, 0.1) is 0 Å². The normalized spacial score (nSPS) is 21.5. The second kappa shape index (κ2) is 7.40. The number of amides is 2. The highest BCUT2D eigenvalue weighted by molar-refractivity contribution is 6.01. The topological polar surface area (TPSA) is 67.9 Å². The molecule has 0 spiro atoms. The lowest BCUT2D eigenvalue weighted by Crippen LogP contribution is -2.44. The van der Waals surface area contributed by atoms with Crippen molar-refractivity contribution in [2.75, 3.05) is 16.8 Å². The van der Waals surface area contributed by atoms with E-state index >= 15 is 0 Å². The molecule has 0 saturated carbocycles. The van der Waals surface area contributed by atoms with Gasteiger partial charge >= 0.3 is 0 Å². The lowest BCUT2D eigenvalue weighted by molar-refractivity contribution is -0.125. The second-order valence-electron chi connectivity index (χ2n) is 6.84. The zero-order valence-corrected chi connectivity index (χ0v) is 15.2. The minimum Gasteiger partial charge on any atom is -0.479 e. The Hall–Kier alpha value is -2.86. The van der Waals surface area contributed by atoms with Crippen molar-refractivity contribution in [2.45, 2.75) is 38.5 Å². The molecular weight excluding hydrogens is 344 g/mol. The van der Waals surface area contributed by atoms with E-state index in [9.17, 15) is 9.59 Å². The quantitative estimate of drug-likeness (QED) is 0.903. The minimum absolute atomic E-state index is 0.103. The maximum Gasteiger partial charge on any atom is 0.268 e. The molecule has 2 aliphatic heterocycles. The molecule has 0 aliphatic carbocycles. The maximum atomic E-state index is 12.7. The van der Waals surface area contributed by atoms with Crippen molar-refractivity contribution in [3.8, 4) is 5.75 Å². The van der Waals surface area contributed by atoms with Crippen LogP contribution in [0.25, 0.3) is 0 Å². The molecule has 6 heteroatoms. The van der Waals surface area contributed by atoms with Crippen LogP contribution >= 0.6 is 0 Å². The molecule has 140 valence electrons. The Kier molecular flexibility index (Phi) is 4.81. The lowest BCUT2D eigenvalue weighted by atomic mass is 10.1. The summed E-state index contributed by atoms with van der Waals surface area (Å²) in [6.07, 6.45) is 0.677. The highest BCUT2D eigenvalue weighted by Gasteiger charge is 2.32. The third-order valence-corrected chi connectivity index (χ3v) is 4.84. The van der Waals surface area contributed by atoms with E-state index in [2.05, 4.69) is 5.32 Å². The predicted octanol–water partition coefficient (Wildman–Crippen LogP) is 3.12. The smallest absolute Gasteiger partial charge is 0.268 e. The number of hydrogen-bond donors (Lipinski definition) is 1. The molecule has 2 aliphatic rings. The molecular formula is C21H22N2O4. The number of ether oxygens (including phenoxy) is 2. The van der Waals surface area contributed by atoms with Gasteiger partial charge < -0.3 is 19.7 Å².